The summed E-state index contributed by atoms with van der Waals surface area (Å²) in [5, 5.41) is 1.68. The number of aromatic amines is 1. The average molecular weight is 264 g/mol. The lowest BCUT2D eigenvalue weighted by molar-refractivity contribution is 1.06. The summed E-state index contributed by atoms with van der Waals surface area (Å²) in [6.45, 7) is 0. The Bertz CT molecular complexity index is 804. The minimum Gasteiger partial charge on any atom is -0.364 e. The van der Waals surface area contributed by atoms with E-state index in [1.165, 1.54) is 0 Å². The third-order valence-electron chi connectivity index (χ3n) is 3.42. The van der Waals surface area contributed by atoms with Gasteiger partial charge in [-0.1, -0.05) is 42.5 Å². The first-order valence-electron chi connectivity index (χ1n) is 6.55. The number of pyridine rings is 1. The van der Waals surface area contributed by atoms with E-state index in [1.807, 2.05) is 67.5 Å². The largest absolute Gasteiger partial charge is 0.364 e. The van der Waals surface area contributed by atoms with Crippen LogP contribution in [0.4, 0.5) is 5.82 Å². The normalized spacial score (nSPS) is 10.7. The molecule has 3 rings (SSSR count). The summed E-state index contributed by atoms with van der Waals surface area (Å²) in [4.78, 5) is 17.0. The smallest absolute Gasteiger partial charge is 0.257 e. The molecule has 0 bridgehead atoms. The van der Waals surface area contributed by atoms with Crippen LogP contribution in [0, 0.1) is 0 Å². The van der Waals surface area contributed by atoms with Crippen LogP contribution in [-0.4, -0.2) is 19.1 Å². The van der Waals surface area contributed by atoms with E-state index >= 15 is 0 Å². The fourth-order valence-electron chi connectivity index (χ4n) is 2.30. The van der Waals surface area contributed by atoms with Crippen LogP contribution in [-0.2, 0) is 0 Å². The van der Waals surface area contributed by atoms with Crippen molar-refractivity contribution in [2.45, 2.75) is 0 Å². The van der Waals surface area contributed by atoms with Crippen LogP contribution >= 0.6 is 0 Å². The Hall–Kier alpha value is -2.55. The van der Waals surface area contributed by atoms with Crippen molar-refractivity contribution >= 4 is 16.6 Å². The molecule has 2 aromatic carbocycles. The molecule has 0 radical (unpaired) electrons. The van der Waals surface area contributed by atoms with Crippen molar-refractivity contribution in [3.8, 4) is 11.1 Å². The zero-order chi connectivity index (χ0) is 14.1. The van der Waals surface area contributed by atoms with Crippen molar-refractivity contribution in [2.75, 3.05) is 19.0 Å². The predicted molar refractivity (Wildman–Crippen MR) is 84.3 cm³/mol. The number of benzene rings is 2. The first-order valence-corrected chi connectivity index (χ1v) is 6.55. The van der Waals surface area contributed by atoms with Crippen molar-refractivity contribution in [1.29, 1.82) is 0 Å². The van der Waals surface area contributed by atoms with Gasteiger partial charge in [-0.25, -0.2) is 0 Å². The van der Waals surface area contributed by atoms with Crippen molar-refractivity contribution in [1.82, 2.24) is 4.98 Å². The maximum Gasteiger partial charge on any atom is 0.257 e. The third kappa shape index (κ3) is 2.18. The van der Waals surface area contributed by atoms with Crippen LogP contribution in [0.1, 0.15) is 0 Å². The highest BCUT2D eigenvalue weighted by Gasteiger charge is 2.05. The van der Waals surface area contributed by atoms with Gasteiger partial charge in [0.15, 0.2) is 0 Å². The average Bonchev–Trinajstić information content (AvgIpc) is 2.47. The van der Waals surface area contributed by atoms with Gasteiger partial charge in [-0.15, -0.1) is 0 Å². The highest BCUT2D eigenvalue weighted by molar-refractivity contribution is 5.88. The summed E-state index contributed by atoms with van der Waals surface area (Å²) >= 11 is 0. The van der Waals surface area contributed by atoms with Crippen LogP contribution in [0.25, 0.3) is 21.9 Å². The number of anilines is 1. The van der Waals surface area contributed by atoms with Gasteiger partial charge in [0.05, 0.1) is 0 Å². The second kappa shape index (κ2) is 4.85. The second-order valence-corrected chi connectivity index (χ2v) is 5.05. The molecular weight excluding hydrogens is 248 g/mol. The quantitative estimate of drug-likeness (QED) is 0.771. The fourth-order valence-corrected chi connectivity index (χ4v) is 2.30. The van der Waals surface area contributed by atoms with Crippen molar-refractivity contribution in [3.05, 3.63) is 65.0 Å². The number of nitrogens with one attached hydrogen (secondary N) is 1. The molecule has 100 valence electrons. The number of H-pyrrole nitrogens is 1. The molecule has 3 aromatic rings. The molecule has 1 N–H and O–H groups in total. The molecule has 0 atom stereocenters. The molecule has 20 heavy (non-hydrogen) atoms. The summed E-state index contributed by atoms with van der Waals surface area (Å²) in [6, 6.07) is 18.1. The Morgan fingerprint density at radius 2 is 1.65 bits per heavy atom. The maximum absolute atomic E-state index is 12.2. The van der Waals surface area contributed by atoms with E-state index in [0.717, 1.165) is 27.7 Å². The molecule has 0 saturated carbocycles. The lowest BCUT2D eigenvalue weighted by Crippen LogP contribution is -2.16. The van der Waals surface area contributed by atoms with E-state index in [-0.39, 0.29) is 5.56 Å². The van der Waals surface area contributed by atoms with Crippen LogP contribution in [0.2, 0.25) is 0 Å². The van der Waals surface area contributed by atoms with Crippen molar-refractivity contribution < 1.29 is 0 Å². The molecule has 0 amide bonds. The standard InChI is InChI=1S/C17H16N2O/c1-19(2)16-11-14-9-8-13(10-15(14)17(20)18-16)12-6-4-3-5-7-12/h3-11H,1-2H3,(H,18,20). The van der Waals surface area contributed by atoms with Crippen LogP contribution in [0.3, 0.4) is 0 Å². The Labute approximate surface area is 117 Å². The van der Waals surface area contributed by atoms with Crippen LogP contribution < -0.4 is 10.5 Å². The van der Waals surface area contributed by atoms with E-state index in [1.54, 1.807) is 0 Å². The molecule has 0 aliphatic rings. The number of nitrogens with zero attached hydrogens (tertiary/aromatic N) is 1. The van der Waals surface area contributed by atoms with Gasteiger partial charge in [0, 0.05) is 19.5 Å². The summed E-state index contributed by atoms with van der Waals surface area (Å²) in [7, 11) is 3.82. The molecule has 3 heteroatoms. The summed E-state index contributed by atoms with van der Waals surface area (Å²) in [6.07, 6.45) is 0. The Morgan fingerprint density at radius 1 is 0.900 bits per heavy atom. The molecule has 0 saturated heterocycles. The second-order valence-electron chi connectivity index (χ2n) is 5.05. The molecule has 0 aliphatic heterocycles. The molecule has 1 aromatic heterocycles. The number of hydrogen-bond donors (Lipinski definition) is 1. The summed E-state index contributed by atoms with van der Waals surface area (Å²) in [5.74, 6) is 0.815. The zero-order valence-electron chi connectivity index (χ0n) is 11.6. The topological polar surface area (TPSA) is 36.1 Å². The molecular formula is C17H16N2O. The van der Waals surface area contributed by atoms with E-state index in [4.69, 9.17) is 0 Å². The minimum atomic E-state index is -0.0519. The number of hydrogen-bond acceptors (Lipinski definition) is 2. The Kier molecular flexibility index (Phi) is 3.03. The molecule has 0 fully saturated rings. The van der Waals surface area contributed by atoms with E-state index in [2.05, 4.69) is 11.1 Å². The molecule has 0 unspecified atom stereocenters. The van der Waals surface area contributed by atoms with Crippen LogP contribution in [0.15, 0.2) is 59.4 Å². The number of rotatable bonds is 2. The van der Waals surface area contributed by atoms with Gasteiger partial charge < -0.3 is 9.88 Å². The van der Waals surface area contributed by atoms with Crippen LogP contribution in [0.5, 0.6) is 0 Å². The Balaban J connectivity index is 2.20. The number of fused-ring (bicyclic) bond motifs is 1. The lowest BCUT2D eigenvalue weighted by Gasteiger charge is -2.13. The van der Waals surface area contributed by atoms with Gasteiger partial charge in [-0.2, -0.15) is 0 Å². The van der Waals surface area contributed by atoms with Gasteiger partial charge >= 0.3 is 0 Å². The third-order valence-corrected chi connectivity index (χ3v) is 3.42. The summed E-state index contributed by atoms with van der Waals surface area (Å²) < 4.78 is 0. The SMILES string of the molecule is CN(C)c1cc2ccc(-c3ccccc3)cc2c(=O)[nH]1. The number of aromatic nitrogens is 1. The molecule has 0 aliphatic carbocycles. The predicted octanol–water partition coefficient (Wildman–Crippen LogP) is 3.26. The summed E-state index contributed by atoms with van der Waals surface area (Å²) in [5.41, 5.74) is 2.12. The first-order chi connectivity index (χ1) is 9.65. The monoisotopic (exact) mass is 264 g/mol. The molecule has 0 spiro atoms. The zero-order valence-corrected chi connectivity index (χ0v) is 11.6. The van der Waals surface area contributed by atoms with Gasteiger partial charge in [0.25, 0.3) is 5.56 Å². The Morgan fingerprint density at radius 3 is 2.35 bits per heavy atom. The fraction of sp³-hybridized carbons (Fsp3) is 0.118. The van der Waals surface area contributed by atoms with Crippen molar-refractivity contribution in [3.63, 3.8) is 0 Å². The molecule has 1 heterocycles. The van der Waals surface area contributed by atoms with E-state index in [9.17, 15) is 4.79 Å². The highest BCUT2D eigenvalue weighted by Crippen LogP contribution is 2.23. The molecule has 3 nitrogen and oxygen atoms in total. The lowest BCUT2D eigenvalue weighted by atomic mass is 10.0. The van der Waals surface area contributed by atoms with Gasteiger partial charge in [0.2, 0.25) is 0 Å². The van der Waals surface area contributed by atoms with Gasteiger partial charge in [-0.05, 0) is 28.6 Å². The van der Waals surface area contributed by atoms with E-state index in [0.29, 0.717) is 0 Å². The van der Waals surface area contributed by atoms with Gasteiger partial charge in [-0.3, -0.25) is 4.79 Å². The minimum absolute atomic E-state index is 0.0519. The first kappa shape index (κ1) is 12.5. The van der Waals surface area contributed by atoms with Gasteiger partial charge in [0.1, 0.15) is 5.82 Å². The van der Waals surface area contributed by atoms with E-state index < -0.39 is 0 Å². The maximum atomic E-state index is 12.2. The highest BCUT2D eigenvalue weighted by atomic mass is 16.1. The van der Waals surface area contributed by atoms with Crippen molar-refractivity contribution in [2.24, 2.45) is 0 Å².